The maximum atomic E-state index is 13.7. The summed E-state index contributed by atoms with van der Waals surface area (Å²) in [4.78, 5) is 19.3. The van der Waals surface area contributed by atoms with Crippen LogP contribution in [0.3, 0.4) is 0 Å². The number of carbonyl (C=O) groups excluding carboxylic acids is 1. The number of fused-ring (bicyclic) bond motifs is 5. The molecule has 1 aliphatic rings. The molecule has 0 saturated heterocycles. The van der Waals surface area contributed by atoms with E-state index in [1.807, 2.05) is 17.0 Å². The Labute approximate surface area is 232 Å². The molecule has 0 fully saturated rings. The van der Waals surface area contributed by atoms with Gasteiger partial charge in [0.25, 0.3) is 5.91 Å². The number of H-pyrrole nitrogens is 2. The number of amides is 1. The second-order valence-electron chi connectivity index (χ2n) is 10.1. The van der Waals surface area contributed by atoms with Gasteiger partial charge in [0.15, 0.2) is 11.5 Å². The Morgan fingerprint density at radius 1 is 1.02 bits per heavy atom. The van der Waals surface area contributed by atoms with Gasteiger partial charge in [0, 0.05) is 41.7 Å². The first-order valence-electron chi connectivity index (χ1n) is 13.6. The predicted molar refractivity (Wildman–Crippen MR) is 154 cm³/mol. The Kier molecular flexibility index (Phi) is 7.14. The number of aromatic amines is 2. The Balaban J connectivity index is 1.31. The van der Waals surface area contributed by atoms with Crippen LogP contribution < -0.4 is 9.47 Å². The van der Waals surface area contributed by atoms with Gasteiger partial charge < -0.3 is 24.5 Å². The molecule has 0 spiro atoms. The Hall–Kier alpha value is -4.72. The van der Waals surface area contributed by atoms with Crippen molar-refractivity contribution in [2.75, 3.05) is 26.8 Å². The van der Waals surface area contributed by atoms with Crippen LogP contribution in [0.25, 0.3) is 22.2 Å². The lowest BCUT2D eigenvalue weighted by Crippen LogP contribution is -2.34. The van der Waals surface area contributed by atoms with Crippen molar-refractivity contribution < 1.29 is 19.4 Å². The Morgan fingerprint density at radius 2 is 1.88 bits per heavy atom. The van der Waals surface area contributed by atoms with Crippen LogP contribution in [0.5, 0.6) is 17.2 Å². The molecule has 3 aromatic carbocycles. The summed E-state index contributed by atoms with van der Waals surface area (Å²) in [6.07, 6.45) is 3.04. The standard InChI is InChI=1S/C32H32N4O4/c1-39-30-13-8-21-18-28-25(24-6-2-3-7-26(24)33-28)14-16-36(15-4-5-17-40-31(30)19-21)32(38)29-20-27(34-35-29)22-9-11-23(37)12-10-22/h2-3,6-13,19-20,33,37H,4-5,14-18H2,1H3,(H,34,35). The van der Waals surface area contributed by atoms with Gasteiger partial charge in [-0.25, -0.2) is 0 Å². The van der Waals surface area contributed by atoms with Crippen LogP contribution in [0.15, 0.2) is 72.8 Å². The minimum Gasteiger partial charge on any atom is -0.508 e. The van der Waals surface area contributed by atoms with E-state index < -0.39 is 0 Å². The number of para-hydroxylation sites is 1. The SMILES string of the molecule is COc1ccc2cc1OCCCCN(C(=O)c1cc(-c3ccc(O)cc3)n[nH]1)CCc1c([nH]c3ccccc13)C2. The summed E-state index contributed by atoms with van der Waals surface area (Å²) in [7, 11) is 1.65. The minimum absolute atomic E-state index is 0.0844. The van der Waals surface area contributed by atoms with E-state index in [9.17, 15) is 9.90 Å². The molecule has 2 aromatic heterocycles. The van der Waals surface area contributed by atoms with E-state index >= 15 is 0 Å². The number of phenolic OH excluding ortho intramolecular Hbond substituents is 1. The molecule has 3 heterocycles. The van der Waals surface area contributed by atoms with Crippen molar-refractivity contribution >= 4 is 16.8 Å². The molecule has 40 heavy (non-hydrogen) atoms. The van der Waals surface area contributed by atoms with Gasteiger partial charge in [0.05, 0.1) is 19.4 Å². The van der Waals surface area contributed by atoms with E-state index in [1.165, 1.54) is 10.9 Å². The highest BCUT2D eigenvalue weighted by Crippen LogP contribution is 2.31. The lowest BCUT2D eigenvalue weighted by molar-refractivity contribution is 0.0746. The second kappa shape index (κ2) is 11.2. The van der Waals surface area contributed by atoms with E-state index in [0.717, 1.165) is 53.8 Å². The molecular weight excluding hydrogens is 504 g/mol. The number of hydrogen-bond acceptors (Lipinski definition) is 5. The summed E-state index contributed by atoms with van der Waals surface area (Å²) >= 11 is 0. The molecule has 204 valence electrons. The molecule has 5 aromatic rings. The largest absolute Gasteiger partial charge is 0.508 e. The van der Waals surface area contributed by atoms with E-state index in [2.05, 4.69) is 45.5 Å². The van der Waals surface area contributed by atoms with Crippen LogP contribution >= 0.6 is 0 Å². The average molecular weight is 537 g/mol. The van der Waals surface area contributed by atoms with E-state index in [-0.39, 0.29) is 11.7 Å². The second-order valence-corrected chi connectivity index (χ2v) is 10.1. The lowest BCUT2D eigenvalue weighted by atomic mass is 10.0. The highest BCUT2D eigenvalue weighted by molar-refractivity contribution is 5.93. The van der Waals surface area contributed by atoms with E-state index in [0.29, 0.717) is 36.8 Å². The normalized spacial score (nSPS) is 14.3. The van der Waals surface area contributed by atoms with Gasteiger partial charge in [-0.05, 0) is 78.9 Å². The van der Waals surface area contributed by atoms with Gasteiger partial charge in [-0.3, -0.25) is 9.89 Å². The third-order valence-corrected chi connectivity index (χ3v) is 7.48. The zero-order chi connectivity index (χ0) is 27.5. The molecule has 1 amide bonds. The summed E-state index contributed by atoms with van der Waals surface area (Å²) in [5, 5.41) is 18.1. The third-order valence-electron chi connectivity index (χ3n) is 7.48. The summed E-state index contributed by atoms with van der Waals surface area (Å²) in [5.41, 5.74) is 6.51. The molecule has 1 aliphatic heterocycles. The molecule has 2 bridgehead atoms. The number of methoxy groups -OCH3 is 1. The zero-order valence-corrected chi connectivity index (χ0v) is 22.4. The number of nitrogens with zero attached hydrogens (tertiary/aromatic N) is 2. The number of hydrogen-bond donors (Lipinski definition) is 3. The molecule has 6 rings (SSSR count). The number of aromatic nitrogens is 3. The number of nitrogens with one attached hydrogen (secondary N) is 2. The van der Waals surface area contributed by atoms with Crippen molar-refractivity contribution in [1.82, 2.24) is 20.1 Å². The summed E-state index contributed by atoms with van der Waals surface area (Å²) in [5.74, 6) is 1.56. The van der Waals surface area contributed by atoms with Gasteiger partial charge in [0.1, 0.15) is 11.4 Å². The molecule has 0 aliphatic carbocycles. The Bertz CT molecular complexity index is 1640. The monoisotopic (exact) mass is 536 g/mol. The topological polar surface area (TPSA) is 103 Å². The average Bonchev–Trinajstić information content (AvgIpc) is 3.60. The van der Waals surface area contributed by atoms with E-state index in [1.54, 1.807) is 37.4 Å². The van der Waals surface area contributed by atoms with Crippen molar-refractivity contribution in [3.05, 3.63) is 95.3 Å². The van der Waals surface area contributed by atoms with Crippen LogP contribution in [0.1, 0.15) is 40.2 Å². The molecule has 0 radical (unpaired) electrons. The smallest absolute Gasteiger partial charge is 0.271 e. The van der Waals surface area contributed by atoms with Gasteiger partial charge in [-0.2, -0.15) is 5.10 Å². The van der Waals surface area contributed by atoms with E-state index in [4.69, 9.17) is 9.47 Å². The first-order valence-corrected chi connectivity index (χ1v) is 13.6. The highest BCUT2D eigenvalue weighted by atomic mass is 16.5. The summed E-state index contributed by atoms with van der Waals surface area (Å²) < 4.78 is 11.7. The molecule has 0 saturated carbocycles. The highest BCUT2D eigenvalue weighted by Gasteiger charge is 2.21. The maximum absolute atomic E-state index is 13.7. The van der Waals surface area contributed by atoms with Crippen molar-refractivity contribution in [3.8, 4) is 28.5 Å². The first kappa shape index (κ1) is 25.6. The minimum atomic E-state index is -0.0844. The fraction of sp³-hybridized carbons (Fsp3) is 0.250. The third kappa shape index (κ3) is 5.25. The molecule has 8 nitrogen and oxygen atoms in total. The van der Waals surface area contributed by atoms with Crippen molar-refractivity contribution in [3.63, 3.8) is 0 Å². The fourth-order valence-corrected chi connectivity index (χ4v) is 5.37. The maximum Gasteiger partial charge on any atom is 0.271 e. The van der Waals surface area contributed by atoms with Crippen molar-refractivity contribution in [1.29, 1.82) is 0 Å². The molecule has 3 N–H and O–H groups in total. The Morgan fingerprint density at radius 3 is 2.73 bits per heavy atom. The van der Waals surface area contributed by atoms with Crippen LogP contribution in [0.4, 0.5) is 0 Å². The number of phenols is 1. The summed E-state index contributed by atoms with van der Waals surface area (Å²) in [6.45, 7) is 1.72. The summed E-state index contributed by atoms with van der Waals surface area (Å²) in [6, 6.07) is 23.0. The van der Waals surface area contributed by atoms with Crippen LogP contribution in [0, 0.1) is 0 Å². The predicted octanol–water partition coefficient (Wildman–Crippen LogP) is 5.72. The number of rotatable bonds is 3. The number of benzene rings is 3. The molecule has 8 heteroatoms. The van der Waals surface area contributed by atoms with Gasteiger partial charge in [-0.1, -0.05) is 24.3 Å². The first-order chi connectivity index (χ1) is 19.6. The van der Waals surface area contributed by atoms with Crippen molar-refractivity contribution in [2.24, 2.45) is 0 Å². The van der Waals surface area contributed by atoms with Crippen molar-refractivity contribution in [2.45, 2.75) is 25.7 Å². The fourth-order valence-electron chi connectivity index (χ4n) is 5.37. The quantitative estimate of drug-likeness (QED) is 0.274. The molecule has 0 atom stereocenters. The van der Waals surface area contributed by atoms with Crippen LogP contribution in [-0.4, -0.2) is 57.9 Å². The molecule has 0 unspecified atom stereocenters. The van der Waals surface area contributed by atoms with Gasteiger partial charge in [-0.15, -0.1) is 0 Å². The number of aromatic hydroxyl groups is 1. The van der Waals surface area contributed by atoms with Gasteiger partial charge in [0.2, 0.25) is 0 Å². The molecular formula is C32H32N4O4. The number of ether oxygens (including phenoxy) is 2. The number of carbonyl (C=O) groups is 1. The van der Waals surface area contributed by atoms with Crippen LogP contribution in [-0.2, 0) is 12.8 Å². The van der Waals surface area contributed by atoms with Crippen LogP contribution in [0.2, 0.25) is 0 Å². The van der Waals surface area contributed by atoms with Gasteiger partial charge >= 0.3 is 0 Å². The lowest BCUT2D eigenvalue weighted by Gasteiger charge is -2.23. The zero-order valence-electron chi connectivity index (χ0n) is 22.4.